The molecule has 0 saturated heterocycles. The van der Waals surface area contributed by atoms with Crippen LogP contribution in [0, 0.1) is 6.92 Å². The van der Waals surface area contributed by atoms with E-state index in [1.54, 1.807) is 6.92 Å². The van der Waals surface area contributed by atoms with E-state index in [-0.39, 0.29) is 6.54 Å². The molecule has 0 amide bonds. The van der Waals surface area contributed by atoms with Crippen molar-refractivity contribution in [3.63, 3.8) is 0 Å². The van der Waals surface area contributed by atoms with Crippen LogP contribution in [0.5, 0.6) is 0 Å². The first kappa shape index (κ1) is 15.6. The number of carbonyl (C=O) groups is 1. The van der Waals surface area contributed by atoms with Gasteiger partial charge < -0.3 is 24.5 Å². The maximum Gasteiger partial charge on any atom is 0.341 e. The summed E-state index contributed by atoms with van der Waals surface area (Å²) in [4.78, 5) is 11.4. The lowest BCUT2D eigenvalue weighted by atomic mass is 10.0. The van der Waals surface area contributed by atoms with E-state index in [1.807, 2.05) is 0 Å². The Kier molecular flexibility index (Phi) is 5.49. The minimum atomic E-state index is -1.19. The summed E-state index contributed by atoms with van der Waals surface area (Å²) in [6, 6.07) is 1.52. The van der Waals surface area contributed by atoms with E-state index in [0.717, 1.165) is 0 Å². The molecule has 7 nitrogen and oxygen atoms in total. The van der Waals surface area contributed by atoms with E-state index in [1.165, 1.54) is 13.2 Å². The number of esters is 1. The van der Waals surface area contributed by atoms with Crippen LogP contribution < -0.4 is 5.32 Å². The number of rotatable bonds is 7. The fraction of sp³-hybridized carbons (Fsp3) is 0.583. The van der Waals surface area contributed by atoms with Gasteiger partial charge in [0.2, 0.25) is 0 Å². The number of furan rings is 1. The molecule has 0 aliphatic heterocycles. The van der Waals surface area contributed by atoms with Crippen molar-refractivity contribution in [1.82, 2.24) is 5.32 Å². The van der Waals surface area contributed by atoms with Crippen LogP contribution in [0.1, 0.15) is 21.9 Å². The first-order valence-electron chi connectivity index (χ1n) is 5.77. The Morgan fingerprint density at radius 3 is 2.42 bits per heavy atom. The van der Waals surface area contributed by atoms with Gasteiger partial charge in [0, 0.05) is 0 Å². The Balaban J connectivity index is 2.76. The second kappa shape index (κ2) is 6.67. The zero-order valence-corrected chi connectivity index (χ0v) is 11.0. The van der Waals surface area contributed by atoms with Gasteiger partial charge in [-0.3, -0.25) is 5.32 Å². The van der Waals surface area contributed by atoms with E-state index >= 15 is 0 Å². The quantitative estimate of drug-likeness (QED) is 0.480. The fourth-order valence-corrected chi connectivity index (χ4v) is 1.54. The number of carbonyl (C=O) groups excluding carboxylic acids is 1. The van der Waals surface area contributed by atoms with Crippen LogP contribution in [0.4, 0.5) is 0 Å². The first-order valence-corrected chi connectivity index (χ1v) is 5.77. The van der Waals surface area contributed by atoms with Crippen LogP contribution >= 0.6 is 0 Å². The molecule has 108 valence electrons. The minimum absolute atomic E-state index is 0.152. The third-order valence-corrected chi connectivity index (χ3v) is 2.92. The van der Waals surface area contributed by atoms with Crippen LogP contribution in [-0.4, -0.2) is 53.8 Å². The third-order valence-electron chi connectivity index (χ3n) is 2.92. The summed E-state index contributed by atoms with van der Waals surface area (Å²) in [6.45, 7) is 0.503. The molecule has 0 fully saturated rings. The van der Waals surface area contributed by atoms with Gasteiger partial charge in [-0.2, -0.15) is 0 Å². The normalized spacial score (nSPS) is 11.6. The number of hydrogen-bond acceptors (Lipinski definition) is 7. The van der Waals surface area contributed by atoms with E-state index < -0.39 is 31.3 Å². The van der Waals surface area contributed by atoms with Crippen LogP contribution in [0.15, 0.2) is 10.5 Å². The summed E-state index contributed by atoms with van der Waals surface area (Å²) in [5.74, 6) is 0.370. The van der Waals surface area contributed by atoms with Crippen molar-refractivity contribution < 1.29 is 29.3 Å². The standard InChI is InChI=1S/C12H19NO6/c1-8-10(11(17)18-2)3-9(19-8)4-13-12(5-14,6-15)7-16/h3,13-16H,4-7H2,1-2H3. The Bertz CT molecular complexity index is 416. The van der Waals surface area contributed by atoms with Crippen molar-refractivity contribution in [3.8, 4) is 0 Å². The molecular weight excluding hydrogens is 254 g/mol. The van der Waals surface area contributed by atoms with Gasteiger partial charge in [0.25, 0.3) is 0 Å². The molecule has 0 aliphatic rings. The molecule has 0 unspecified atom stereocenters. The van der Waals surface area contributed by atoms with Crippen LogP contribution in [0.2, 0.25) is 0 Å². The molecule has 19 heavy (non-hydrogen) atoms. The summed E-state index contributed by atoms with van der Waals surface area (Å²) < 4.78 is 9.96. The third kappa shape index (κ3) is 3.54. The molecule has 1 heterocycles. The number of aliphatic hydroxyl groups is 3. The Labute approximate surface area is 110 Å². The molecule has 0 atom stereocenters. The second-order valence-corrected chi connectivity index (χ2v) is 4.28. The highest BCUT2D eigenvalue weighted by atomic mass is 16.5. The summed E-state index contributed by atoms with van der Waals surface area (Å²) in [6.07, 6.45) is 0. The van der Waals surface area contributed by atoms with Gasteiger partial charge in [0.05, 0.1) is 39.0 Å². The topological polar surface area (TPSA) is 112 Å². The van der Waals surface area contributed by atoms with Gasteiger partial charge in [-0.25, -0.2) is 4.79 Å². The van der Waals surface area contributed by atoms with Crippen LogP contribution in [-0.2, 0) is 11.3 Å². The SMILES string of the molecule is COC(=O)c1cc(CNC(CO)(CO)CO)oc1C. The number of hydrogen-bond donors (Lipinski definition) is 4. The molecule has 1 aromatic rings. The molecule has 0 aromatic carbocycles. The average molecular weight is 273 g/mol. The van der Waals surface area contributed by atoms with Crippen LogP contribution in [0.3, 0.4) is 0 Å². The monoisotopic (exact) mass is 273 g/mol. The maximum absolute atomic E-state index is 11.4. The summed E-state index contributed by atoms with van der Waals surface area (Å²) in [5, 5.41) is 30.3. The minimum Gasteiger partial charge on any atom is -0.465 e. The van der Waals surface area contributed by atoms with E-state index in [0.29, 0.717) is 17.1 Å². The highest BCUT2D eigenvalue weighted by Crippen LogP contribution is 2.16. The zero-order valence-electron chi connectivity index (χ0n) is 11.0. The molecule has 1 rings (SSSR count). The molecule has 4 N–H and O–H groups in total. The second-order valence-electron chi connectivity index (χ2n) is 4.28. The molecule has 1 aromatic heterocycles. The molecular formula is C12H19NO6. The fourth-order valence-electron chi connectivity index (χ4n) is 1.54. The van der Waals surface area contributed by atoms with Crippen molar-refractivity contribution in [2.45, 2.75) is 19.0 Å². The number of methoxy groups -OCH3 is 1. The predicted molar refractivity (Wildman–Crippen MR) is 65.6 cm³/mol. The van der Waals surface area contributed by atoms with Crippen molar-refractivity contribution in [3.05, 3.63) is 23.2 Å². The molecule has 0 bridgehead atoms. The maximum atomic E-state index is 11.4. The Morgan fingerprint density at radius 1 is 1.37 bits per heavy atom. The Morgan fingerprint density at radius 2 is 1.95 bits per heavy atom. The van der Waals surface area contributed by atoms with Crippen molar-refractivity contribution in [1.29, 1.82) is 0 Å². The van der Waals surface area contributed by atoms with Crippen LogP contribution in [0.25, 0.3) is 0 Å². The summed E-state index contributed by atoms with van der Waals surface area (Å²) in [5.41, 5.74) is -0.867. The van der Waals surface area contributed by atoms with Crippen molar-refractivity contribution in [2.75, 3.05) is 26.9 Å². The highest BCUT2D eigenvalue weighted by Gasteiger charge is 2.28. The van der Waals surface area contributed by atoms with E-state index in [2.05, 4.69) is 10.1 Å². The van der Waals surface area contributed by atoms with Gasteiger partial charge >= 0.3 is 5.97 Å². The lowest BCUT2D eigenvalue weighted by Crippen LogP contribution is -2.54. The van der Waals surface area contributed by atoms with Crippen molar-refractivity contribution >= 4 is 5.97 Å². The largest absolute Gasteiger partial charge is 0.465 e. The van der Waals surface area contributed by atoms with Gasteiger partial charge in [0.1, 0.15) is 17.1 Å². The molecule has 0 aliphatic carbocycles. The van der Waals surface area contributed by atoms with E-state index in [4.69, 9.17) is 19.7 Å². The highest BCUT2D eigenvalue weighted by molar-refractivity contribution is 5.90. The summed E-state index contributed by atoms with van der Waals surface area (Å²) in [7, 11) is 1.28. The van der Waals surface area contributed by atoms with Gasteiger partial charge in [-0.05, 0) is 13.0 Å². The smallest absolute Gasteiger partial charge is 0.341 e. The number of aliphatic hydroxyl groups excluding tert-OH is 3. The van der Waals surface area contributed by atoms with Crippen molar-refractivity contribution in [2.24, 2.45) is 0 Å². The van der Waals surface area contributed by atoms with Gasteiger partial charge in [-0.15, -0.1) is 0 Å². The number of aryl methyl sites for hydroxylation is 1. The van der Waals surface area contributed by atoms with E-state index in [9.17, 15) is 4.79 Å². The van der Waals surface area contributed by atoms with Gasteiger partial charge in [-0.1, -0.05) is 0 Å². The molecule has 0 spiro atoms. The first-order chi connectivity index (χ1) is 9.01. The lowest BCUT2D eigenvalue weighted by Gasteiger charge is -2.28. The predicted octanol–water partition coefficient (Wildman–Crippen LogP) is -0.820. The summed E-state index contributed by atoms with van der Waals surface area (Å²) >= 11 is 0. The zero-order chi connectivity index (χ0) is 14.5. The molecule has 0 radical (unpaired) electrons. The molecule has 7 heteroatoms. The average Bonchev–Trinajstić information content (AvgIpc) is 2.81. The molecule has 0 saturated carbocycles. The Hall–Kier alpha value is -1.41. The lowest BCUT2D eigenvalue weighted by molar-refractivity contribution is 0.0401. The number of nitrogens with one attached hydrogen (secondary N) is 1. The number of ether oxygens (including phenoxy) is 1. The van der Waals surface area contributed by atoms with Gasteiger partial charge in [0.15, 0.2) is 0 Å².